The zero-order valence-electron chi connectivity index (χ0n) is 13.2. The number of hydrogen-bond donors (Lipinski definition) is 1. The quantitative estimate of drug-likeness (QED) is 0.844. The first kappa shape index (κ1) is 17.4. The zero-order chi connectivity index (χ0) is 14.1. The van der Waals surface area contributed by atoms with Gasteiger partial charge < -0.3 is 10.2 Å². The highest BCUT2D eigenvalue weighted by atomic mass is 35.5. The van der Waals surface area contributed by atoms with E-state index in [-0.39, 0.29) is 18.4 Å². The average molecular weight is 333 g/mol. The minimum Gasteiger partial charge on any atom is -0.339 e. The van der Waals surface area contributed by atoms with Gasteiger partial charge in [0.1, 0.15) is 0 Å². The second-order valence-electron chi connectivity index (χ2n) is 7.04. The summed E-state index contributed by atoms with van der Waals surface area (Å²) in [7, 11) is 0. The van der Waals surface area contributed by atoms with Gasteiger partial charge in [0.2, 0.25) is 5.91 Å². The van der Waals surface area contributed by atoms with Gasteiger partial charge in [-0.05, 0) is 31.1 Å². The maximum atomic E-state index is 12.8. The van der Waals surface area contributed by atoms with E-state index in [0.29, 0.717) is 23.1 Å². The number of carbonyl (C=O) groups excluding carboxylic acids is 1. The molecule has 0 aromatic rings. The molecule has 0 aromatic carbocycles. The molecule has 0 spiro atoms. The highest BCUT2D eigenvalue weighted by Crippen LogP contribution is 2.34. The highest BCUT2D eigenvalue weighted by Gasteiger charge is 2.40. The van der Waals surface area contributed by atoms with Crippen LogP contribution in [0.5, 0.6) is 0 Å². The van der Waals surface area contributed by atoms with Crippen LogP contribution in [-0.4, -0.2) is 47.0 Å². The third-order valence-corrected chi connectivity index (χ3v) is 6.85. The molecule has 3 fully saturated rings. The second-order valence-corrected chi connectivity index (χ2v) is 8.39. The molecule has 3 rings (SSSR count). The molecule has 3 aliphatic rings. The molecule has 0 aromatic heterocycles. The lowest BCUT2D eigenvalue weighted by Crippen LogP contribution is -2.50. The summed E-state index contributed by atoms with van der Waals surface area (Å²) in [5.74, 6) is 2.91. The maximum Gasteiger partial charge on any atom is 0.239 e. The predicted octanol–water partition coefficient (Wildman–Crippen LogP) is 2.93. The van der Waals surface area contributed by atoms with Gasteiger partial charge in [-0.15, -0.1) is 12.4 Å². The SMILES string of the molecule is CC(C)C1CN(C(=O)C2CC3CCCCC3N2)CCS1.Cl. The third-order valence-electron chi connectivity index (χ3n) is 5.31. The lowest BCUT2D eigenvalue weighted by atomic mass is 9.85. The average Bonchev–Trinajstić information content (AvgIpc) is 2.90. The van der Waals surface area contributed by atoms with Crippen LogP contribution in [0.25, 0.3) is 0 Å². The summed E-state index contributed by atoms with van der Waals surface area (Å²) < 4.78 is 0. The van der Waals surface area contributed by atoms with E-state index in [0.717, 1.165) is 31.2 Å². The molecule has 4 unspecified atom stereocenters. The van der Waals surface area contributed by atoms with Gasteiger partial charge in [-0.2, -0.15) is 11.8 Å². The fourth-order valence-corrected chi connectivity index (χ4v) is 5.31. The molecule has 2 saturated heterocycles. The van der Waals surface area contributed by atoms with Gasteiger partial charge in [0.25, 0.3) is 0 Å². The van der Waals surface area contributed by atoms with Crippen molar-refractivity contribution in [2.24, 2.45) is 11.8 Å². The Morgan fingerprint density at radius 3 is 2.76 bits per heavy atom. The first-order valence-corrected chi connectivity index (χ1v) is 9.36. The smallest absolute Gasteiger partial charge is 0.239 e. The summed E-state index contributed by atoms with van der Waals surface area (Å²) in [5, 5.41) is 4.26. The largest absolute Gasteiger partial charge is 0.339 e. The highest BCUT2D eigenvalue weighted by molar-refractivity contribution is 8.00. The number of halogens is 1. The van der Waals surface area contributed by atoms with Crippen molar-refractivity contribution in [1.29, 1.82) is 0 Å². The van der Waals surface area contributed by atoms with E-state index in [1.807, 2.05) is 11.8 Å². The molecule has 122 valence electrons. The van der Waals surface area contributed by atoms with Crippen LogP contribution in [0.4, 0.5) is 0 Å². The summed E-state index contributed by atoms with van der Waals surface area (Å²) >= 11 is 2.04. The minimum atomic E-state index is 0. The van der Waals surface area contributed by atoms with Crippen LogP contribution in [0, 0.1) is 11.8 Å². The number of nitrogens with zero attached hydrogens (tertiary/aromatic N) is 1. The number of rotatable bonds is 2. The van der Waals surface area contributed by atoms with Crippen molar-refractivity contribution in [2.45, 2.75) is 63.3 Å². The van der Waals surface area contributed by atoms with E-state index in [1.54, 1.807) is 0 Å². The van der Waals surface area contributed by atoms with E-state index in [2.05, 4.69) is 24.1 Å². The number of nitrogens with one attached hydrogen (secondary N) is 1. The van der Waals surface area contributed by atoms with Crippen molar-refractivity contribution in [1.82, 2.24) is 10.2 Å². The third kappa shape index (κ3) is 3.89. The standard InChI is InChI=1S/C16H28N2OS.ClH/c1-11(2)15-10-18(7-8-20-15)16(19)14-9-12-5-3-4-6-13(12)17-14;/h11-15,17H,3-10H2,1-2H3;1H. The second kappa shape index (κ2) is 7.56. The fourth-order valence-electron chi connectivity index (χ4n) is 4.01. The minimum absolute atomic E-state index is 0. The first-order valence-electron chi connectivity index (χ1n) is 8.31. The maximum absolute atomic E-state index is 12.8. The van der Waals surface area contributed by atoms with Crippen molar-refractivity contribution in [3.63, 3.8) is 0 Å². The van der Waals surface area contributed by atoms with E-state index in [9.17, 15) is 4.79 Å². The summed E-state index contributed by atoms with van der Waals surface area (Å²) in [6.45, 7) is 6.44. The lowest BCUT2D eigenvalue weighted by Gasteiger charge is -2.35. The molecule has 1 N–H and O–H groups in total. The number of carbonyl (C=O) groups is 1. The number of hydrogen-bond acceptors (Lipinski definition) is 3. The van der Waals surface area contributed by atoms with Crippen LogP contribution >= 0.6 is 24.2 Å². The Labute approximate surface area is 139 Å². The van der Waals surface area contributed by atoms with Gasteiger partial charge in [-0.25, -0.2) is 0 Å². The van der Waals surface area contributed by atoms with Crippen LogP contribution in [0.3, 0.4) is 0 Å². The zero-order valence-corrected chi connectivity index (χ0v) is 14.8. The molecular weight excluding hydrogens is 304 g/mol. The van der Waals surface area contributed by atoms with Gasteiger partial charge in [0.05, 0.1) is 6.04 Å². The summed E-state index contributed by atoms with van der Waals surface area (Å²) in [4.78, 5) is 14.9. The van der Waals surface area contributed by atoms with Crippen molar-refractivity contribution >= 4 is 30.1 Å². The molecule has 1 amide bonds. The van der Waals surface area contributed by atoms with Crippen molar-refractivity contribution in [2.75, 3.05) is 18.8 Å². The normalized spacial score (nSPS) is 36.2. The van der Waals surface area contributed by atoms with Gasteiger partial charge in [-0.1, -0.05) is 26.7 Å². The monoisotopic (exact) mass is 332 g/mol. The molecule has 21 heavy (non-hydrogen) atoms. The molecule has 5 heteroatoms. The lowest BCUT2D eigenvalue weighted by molar-refractivity contribution is -0.133. The Morgan fingerprint density at radius 1 is 1.29 bits per heavy atom. The Kier molecular flexibility index (Phi) is 6.27. The Hall–Kier alpha value is 0.0700. The number of thioether (sulfide) groups is 1. The molecule has 0 radical (unpaired) electrons. The molecule has 2 heterocycles. The molecular formula is C16H29ClN2OS. The number of amides is 1. The first-order chi connectivity index (χ1) is 9.65. The van der Waals surface area contributed by atoms with Gasteiger partial charge in [0, 0.05) is 30.1 Å². The fraction of sp³-hybridized carbons (Fsp3) is 0.938. The Bertz CT molecular complexity index is 348. The molecule has 0 bridgehead atoms. The van der Waals surface area contributed by atoms with E-state index in [4.69, 9.17) is 0 Å². The number of fused-ring (bicyclic) bond motifs is 1. The van der Waals surface area contributed by atoms with Crippen LogP contribution in [-0.2, 0) is 4.79 Å². The predicted molar refractivity (Wildman–Crippen MR) is 92.2 cm³/mol. The van der Waals surface area contributed by atoms with Gasteiger partial charge in [-0.3, -0.25) is 4.79 Å². The molecule has 3 nitrogen and oxygen atoms in total. The van der Waals surface area contributed by atoms with Gasteiger partial charge >= 0.3 is 0 Å². The molecule has 2 aliphatic heterocycles. The molecule has 4 atom stereocenters. The van der Waals surface area contributed by atoms with Crippen LogP contribution in [0.2, 0.25) is 0 Å². The summed E-state index contributed by atoms with van der Waals surface area (Å²) in [6, 6.07) is 0.733. The Balaban J connectivity index is 0.00000161. The molecule has 1 aliphatic carbocycles. The van der Waals surface area contributed by atoms with Crippen LogP contribution < -0.4 is 5.32 Å². The van der Waals surface area contributed by atoms with Crippen LogP contribution in [0.1, 0.15) is 46.0 Å². The van der Waals surface area contributed by atoms with Crippen molar-refractivity contribution in [3.8, 4) is 0 Å². The van der Waals surface area contributed by atoms with E-state index < -0.39 is 0 Å². The summed E-state index contributed by atoms with van der Waals surface area (Å²) in [6.07, 6.45) is 6.38. The van der Waals surface area contributed by atoms with Crippen LogP contribution in [0.15, 0.2) is 0 Å². The summed E-state index contributed by atoms with van der Waals surface area (Å²) in [5.41, 5.74) is 0. The Morgan fingerprint density at radius 2 is 2.05 bits per heavy atom. The topological polar surface area (TPSA) is 32.3 Å². The van der Waals surface area contributed by atoms with E-state index >= 15 is 0 Å². The van der Waals surface area contributed by atoms with Gasteiger partial charge in [0.15, 0.2) is 0 Å². The molecule has 1 saturated carbocycles. The van der Waals surface area contributed by atoms with Crippen molar-refractivity contribution < 1.29 is 4.79 Å². The van der Waals surface area contributed by atoms with E-state index in [1.165, 1.54) is 25.7 Å². The van der Waals surface area contributed by atoms with Crippen molar-refractivity contribution in [3.05, 3.63) is 0 Å².